The second kappa shape index (κ2) is 4.78. The maximum atomic E-state index is 2.95. The molecule has 0 spiro atoms. The summed E-state index contributed by atoms with van der Waals surface area (Å²) in [5, 5.41) is 0. The maximum Gasteiger partial charge on any atom is 0.118 e. The van der Waals surface area contributed by atoms with E-state index in [1.807, 2.05) is 0 Å². The van der Waals surface area contributed by atoms with Crippen LogP contribution in [0, 0.1) is 35.5 Å². The topological polar surface area (TPSA) is 0 Å². The molecule has 4 saturated carbocycles. The Bertz CT molecular complexity index is 310. The zero-order valence-electron chi connectivity index (χ0n) is 13.0. The zero-order valence-corrected chi connectivity index (χ0v) is 13.0. The first-order chi connectivity index (χ1) is 9.90. The van der Waals surface area contributed by atoms with Gasteiger partial charge in [0.15, 0.2) is 0 Å². The van der Waals surface area contributed by atoms with E-state index in [4.69, 9.17) is 0 Å². The molecule has 0 nitrogen and oxygen atoms in total. The normalized spacial score (nSPS) is 57.2. The van der Waals surface area contributed by atoms with E-state index in [1.165, 1.54) is 0 Å². The number of fused-ring (bicyclic) bond motifs is 10. The van der Waals surface area contributed by atoms with E-state index in [0.29, 0.717) is 0 Å². The van der Waals surface area contributed by atoms with Gasteiger partial charge in [-0.2, -0.15) is 0 Å². The van der Waals surface area contributed by atoms with Crippen LogP contribution >= 0.6 is 0 Å². The van der Waals surface area contributed by atoms with Crippen LogP contribution in [0.2, 0.25) is 11.6 Å². The van der Waals surface area contributed by atoms with E-state index in [1.54, 1.807) is 70.6 Å². The van der Waals surface area contributed by atoms with Crippen molar-refractivity contribution in [3.8, 4) is 0 Å². The van der Waals surface area contributed by atoms with Crippen LogP contribution in [0.15, 0.2) is 0 Å². The third-order valence-electron chi connectivity index (χ3n) is 8.31. The fourth-order valence-electron chi connectivity index (χ4n) is 7.70. The Labute approximate surface area is 125 Å². The van der Waals surface area contributed by atoms with E-state index in [2.05, 4.69) is 7.28 Å². The predicted molar refractivity (Wildman–Crippen MR) is 85.0 cm³/mol. The molecular formula is C19H30B. The van der Waals surface area contributed by atoms with Crippen LogP contribution in [-0.2, 0) is 0 Å². The van der Waals surface area contributed by atoms with Crippen LogP contribution < -0.4 is 0 Å². The Hall–Kier alpha value is 0.0649. The Morgan fingerprint density at radius 3 is 1.45 bits per heavy atom. The smallest absolute Gasteiger partial charge is 0.0652 e. The number of rotatable bonds is 0. The minimum absolute atomic E-state index is 1.04. The molecule has 4 aliphatic carbocycles. The molecule has 8 atom stereocenters. The standard InChI is InChI=1S/C19H30B/c1-3-7-16-14(5-1)12-9-13-11-19(20-18(16)10-12)17-8-4-2-6-15(13)17/h12-19H,1-11H2. The molecule has 0 aromatic heterocycles. The van der Waals surface area contributed by atoms with Crippen LogP contribution in [0.3, 0.4) is 0 Å². The van der Waals surface area contributed by atoms with Gasteiger partial charge in [0, 0.05) is 0 Å². The van der Waals surface area contributed by atoms with Crippen LogP contribution in [-0.4, -0.2) is 7.28 Å². The summed E-state index contributed by atoms with van der Waals surface area (Å²) < 4.78 is 0. The van der Waals surface area contributed by atoms with Crippen molar-refractivity contribution in [3.05, 3.63) is 0 Å². The van der Waals surface area contributed by atoms with Crippen molar-refractivity contribution in [2.24, 2.45) is 35.5 Å². The van der Waals surface area contributed by atoms with Crippen LogP contribution in [0.1, 0.15) is 70.6 Å². The van der Waals surface area contributed by atoms with Crippen molar-refractivity contribution < 1.29 is 0 Å². The fourth-order valence-corrected chi connectivity index (χ4v) is 7.70. The Balaban J connectivity index is 1.44. The van der Waals surface area contributed by atoms with E-state index in [-0.39, 0.29) is 0 Å². The number of hydrogen-bond acceptors (Lipinski definition) is 0. The highest BCUT2D eigenvalue weighted by Crippen LogP contribution is 2.63. The van der Waals surface area contributed by atoms with Gasteiger partial charge in [0.05, 0.1) is 0 Å². The monoisotopic (exact) mass is 269 g/mol. The molecule has 1 heterocycles. The molecule has 0 aromatic rings. The molecular weight excluding hydrogens is 239 g/mol. The maximum absolute atomic E-state index is 2.95. The summed E-state index contributed by atoms with van der Waals surface area (Å²) in [6.07, 6.45) is 17.3. The van der Waals surface area contributed by atoms with Gasteiger partial charge in [-0.1, -0.05) is 63.0 Å². The molecule has 1 saturated heterocycles. The third-order valence-corrected chi connectivity index (χ3v) is 8.31. The molecule has 20 heavy (non-hydrogen) atoms. The van der Waals surface area contributed by atoms with Gasteiger partial charge in [0.1, 0.15) is 7.28 Å². The third kappa shape index (κ3) is 1.80. The van der Waals surface area contributed by atoms with E-state index in [9.17, 15) is 0 Å². The molecule has 5 aliphatic rings. The van der Waals surface area contributed by atoms with Crippen molar-refractivity contribution in [3.63, 3.8) is 0 Å². The van der Waals surface area contributed by atoms with Gasteiger partial charge in [0.2, 0.25) is 0 Å². The summed E-state index contributed by atoms with van der Waals surface area (Å²) in [5.41, 5.74) is 0. The summed E-state index contributed by atoms with van der Waals surface area (Å²) in [6, 6.07) is 0. The minimum Gasteiger partial charge on any atom is -0.0652 e. The Kier molecular flexibility index (Phi) is 3.01. The highest BCUT2D eigenvalue weighted by atomic mass is 14.5. The highest BCUT2D eigenvalue weighted by Gasteiger charge is 2.52. The second-order valence-corrected chi connectivity index (χ2v) is 8.97. The lowest BCUT2D eigenvalue weighted by molar-refractivity contribution is 0.163. The molecule has 109 valence electrons. The van der Waals surface area contributed by atoms with E-state index in [0.717, 1.165) is 47.1 Å². The molecule has 1 aliphatic heterocycles. The zero-order chi connectivity index (χ0) is 13.1. The molecule has 0 amide bonds. The second-order valence-electron chi connectivity index (χ2n) is 8.97. The van der Waals surface area contributed by atoms with Gasteiger partial charge in [-0.3, -0.25) is 0 Å². The van der Waals surface area contributed by atoms with Crippen LogP contribution in [0.4, 0.5) is 0 Å². The molecule has 5 fully saturated rings. The SMILES string of the molecule is [B]1C2CC(CC3CC1C1CCCCC31)C1CCCCC21. The van der Waals surface area contributed by atoms with Gasteiger partial charge in [0.25, 0.3) is 0 Å². The first-order valence-electron chi connectivity index (χ1n) is 9.75. The molecule has 0 N–H and O–H groups in total. The largest absolute Gasteiger partial charge is 0.118 e. The van der Waals surface area contributed by atoms with Crippen molar-refractivity contribution in [1.82, 2.24) is 0 Å². The first kappa shape index (κ1) is 12.6. The lowest BCUT2D eigenvalue weighted by atomic mass is 9.47. The molecule has 5 rings (SSSR count). The molecule has 8 unspecified atom stereocenters. The summed E-state index contributed by atoms with van der Waals surface area (Å²) in [5.74, 6) is 8.87. The first-order valence-corrected chi connectivity index (χ1v) is 9.75. The summed E-state index contributed by atoms with van der Waals surface area (Å²) in [6.45, 7) is 0. The Morgan fingerprint density at radius 1 is 0.500 bits per heavy atom. The van der Waals surface area contributed by atoms with Crippen LogP contribution in [0.5, 0.6) is 0 Å². The van der Waals surface area contributed by atoms with Crippen molar-refractivity contribution >= 4 is 7.28 Å². The molecule has 1 radical (unpaired) electrons. The van der Waals surface area contributed by atoms with E-state index >= 15 is 0 Å². The lowest BCUT2D eigenvalue weighted by Crippen LogP contribution is -2.27. The minimum atomic E-state index is 1.04. The predicted octanol–water partition coefficient (Wildman–Crippen LogP) is 5.32. The van der Waals surface area contributed by atoms with Gasteiger partial charge in [-0.25, -0.2) is 0 Å². The summed E-state index contributed by atoms with van der Waals surface area (Å²) in [4.78, 5) is 0. The lowest BCUT2D eigenvalue weighted by Gasteiger charge is -2.36. The fraction of sp³-hybridized carbons (Fsp3) is 1.00. The summed E-state index contributed by atoms with van der Waals surface area (Å²) in [7, 11) is 2.95. The summed E-state index contributed by atoms with van der Waals surface area (Å²) >= 11 is 0. The van der Waals surface area contributed by atoms with E-state index < -0.39 is 0 Å². The molecule has 1 heteroatoms. The number of hydrogen-bond donors (Lipinski definition) is 0. The van der Waals surface area contributed by atoms with Crippen molar-refractivity contribution in [2.45, 2.75) is 82.3 Å². The average Bonchev–Trinajstić information content (AvgIpc) is 3.01. The molecule has 4 bridgehead atoms. The van der Waals surface area contributed by atoms with Crippen LogP contribution in [0.25, 0.3) is 0 Å². The highest BCUT2D eigenvalue weighted by molar-refractivity contribution is 6.40. The van der Waals surface area contributed by atoms with Crippen molar-refractivity contribution in [1.29, 1.82) is 0 Å². The van der Waals surface area contributed by atoms with Crippen molar-refractivity contribution in [2.75, 3.05) is 0 Å². The molecule has 0 aromatic carbocycles. The average molecular weight is 269 g/mol. The Morgan fingerprint density at radius 2 is 0.950 bits per heavy atom. The van der Waals surface area contributed by atoms with Gasteiger partial charge >= 0.3 is 0 Å². The van der Waals surface area contributed by atoms with Gasteiger partial charge in [-0.05, 0) is 54.8 Å². The van der Waals surface area contributed by atoms with Gasteiger partial charge in [-0.15, -0.1) is 0 Å². The van der Waals surface area contributed by atoms with Gasteiger partial charge < -0.3 is 0 Å². The quantitative estimate of drug-likeness (QED) is 0.522.